The highest BCUT2D eigenvalue weighted by atomic mass is 32.1. The largest absolute Gasteiger partial charge is 0.454 e. The number of rotatable bonds is 4. The predicted octanol–water partition coefficient (Wildman–Crippen LogP) is 3.57. The van der Waals surface area contributed by atoms with E-state index < -0.39 is 0 Å². The zero-order valence-corrected chi connectivity index (χ0v) is 14.4. The molecule has 1 aliphatic heterocycles. The van der Waals surface area contributed by atoms with Crippen LogP contribution in [0.1, 0.15) is 35.9 Å². The van der Waals surface area contributed by atoms with Crippen LogP contribution in [0.3, 0.4) is 0 Å². The minimum Gasteiger partial charge on any atom is -0.454 e. The Morgan fingerprint density at radius 1 is 1.38 bits per heavy atom. The van der Waals surface area contributed by atoms with Gasteiger partial charge in [-0.15, -0.1) is 11.3 Å². The molecular formula is C18H20N2O3S. The first kappa shape index (κ1) is 15.4. The molecule has 24 heavy (non-hydrogen) atoms. The lowest BCUT2D eigenvalue weighted by Gasteiger charge is -2.15. The number of carbonyl (C=O) groups excluding carboxylic acids is 1. The van der Waals surface area contributed by atoms with Gasteiger partial charge < -0.3 is 14.8 Å². The Kier molecular flexibility index (Phi) is 4.14. The zero-order chi connectivity index (χ0) is 16.5. The second-order valence-electron chi connectivity index (χ2n) is 6.47. The summed E-state index contributed by atoms with van der Waals surface area (Å²) in [5, 5.41) is 3.69. The summed E-state index contributed by atoms with van der Waals surface area (Å²) in [6.07, 6.45) is 4.40. The van der Waals surface area contributed by atoms with Crippen molar-refractivity contribution >= 4 is 22.4 Å². The maximum Gasteiger partial charge on any atom is 0.231 e. The molecule has 4 rings (SSSR count). The van der Waals surface area contributed by atoms with Crippen LogP contribution in [0.25, 0.3) is 0 Å². The Balaban J connectivity index is 1.34. The lowest BCUT2D eigenvalue weighted by Crippen LogP contribution is -2.12. The molecule has 126 valence electrons. The highest BCUT2D eigenvalue weighted by Crippen LogP contribution is 2.33. The van der Waals surface area contributed by atoms with Crippen LogP contribution in [0.4, 0.5) is 5.13 Å². The van der Waals surface area contributed by atoms with Crippen molar-refractivity contribution in [1.29, 1.82) is 0 Å². The summed E-state index contributed by atoms with van der Waals surface area (Å²) < 4.78 is 10.7. The van der Waals surface area contributed by atoms with Gasteiger partial charge in [-0.05, 0) is 49.3 Å². The normalized spacial score (nSPS) is 18.3. The first-order chi connectivity index (χ1) is 11.7. The van der Waals surface area contributed by atoms with Gasteiger partial charge in [0.1, 0.15) is 0 Å². The minimum atomic E-state index is 0.00631. The van der Waals surface area contributed by atoms with E-state index in [0.29, 0.717) is 18.8 Å². The van der Waals surface area contributed by atoms with Gasteiger partial charge in [0.2, 0.25) is 12.7 Å². The van der Waals surface area contributed by atoms with Crippen LogP contribution in [0, 0.1) is 5.92 Å². The van der Waals surface area contributed by atoms with E-state index in [9.17, 15) is 4.79 Å². The molecule has 1 amide bonds. The molecule has 1 aromatic heterocycles. The highest BCUT2D eigenvalue weighted by molar-refractivity contribution is 7.15. The van der Waals surface area contributed by atoms with Crippen molar-refractivity contribution in [1.82, 2.24) is 4.98 Å². The monoisotopic (exact) mass is 344 g/mol. The molecule has 0 saturated heterocycles. The number of nitrogens with zero attached hydrogens (tertiary/aromatic N) is 1. The summed E-state index contributed by atoms with van der Waals surface area (Å²) in [6.45, 7) is 2.54. The number of benzene rings is 1. The van der Waals surface area contributed by atoms with Gasteiger partial charge >= 0.3 is 0 Å². The fourth-order valence-corrected chi connectivity index (χ4v) is 4.32. The smallest absolute Gasteiger partial charge is 0.231 e. The topological polar surface area (TPSA) is 60.5 Å². The van der Waals surface area contributed by atoms with Gasteiger partial charge in [-0.2, -0.15) is 0 Å². The molecule has 6 heteroatoms. The van der Waals surface area contributed by atoms with Crippen molar-refractivity contribution in [2.45, 2.75) is 39.0 Å². The van der Waals surface area contributed by atoms with Crippen LogP contribution in [0.15, 0.2) is 18.2 Å². The third-order valence-electron chi connectivity index (χ3n) is 4.51. The van der Waals surface area contributed by atoms with E-state index in [1.165, 1.54) is 17.0 Å². The van der Waals surface area contributed by atoms with Gasteiger partial charge in [-0.25, -0.2) is 4.98 Å². The van der Waals surface area contributed by atoms with Gasteiger partial charge in [0, 0.05) is 11.3 Å². The van der Waals surface area contributed by atoms with Crippen LogP contribution in [-0.2, 0) is 24.1 Å². The number of hydrogen-bond acceptors (Lipinski definition) is 5. The van der Waals surface area contributed by atoms with Gasteiger partial charge in [-0.3, -0.25) is 4.79 Å². The maximum absolute atomic E-state index is 12.2. The predicted molar refractivity (Wildman–Crippen MR) is 92.8 cm³/mol. The highest BCUT2D eigenvalue weighted by Gasteiger charge is 2.20. The fourth-order valence-electron chi connectivity index (χ4n) is 3.13. The van der Waals surface area contributed by atoms with E-state index >= 15 is 0 Å². The first-order valence-corrected chi connectivity index (χ1v) is 9.16. The number of hydrogen-bond donors (Lipinski definition) is 1. The van der Waals surface area contributed by atoms with Gasteiger partial charge in [0.05, 0.1) is 5.69 Å². The molecule has 2 heterocycles. The number of thiazole rings is 1. The molecule has 5 nitrogen and oxygen atoms in total. The summed E-state index contributed by atoms with van der Waals surface area (Å²) >= 11 is 1.63. The molecular weight excluding hydrogens is 324 g/mol. The standard InChI is InChI=1S/C18H20N2O3S/c1-11-2-5-13-16(8-11)24-18(19-13)20-17(21)7-4-12-3-6-14-15(9-12)23-10-22-14/h3,6,9,11H,2,4-5,7-8,10H2,1H3,(H,19,20,21). The summed E-state index contributed by atoms with van der Waals surface area (Å²) in [5.41, 5.74) is 2.24. The average Bonchev–Trinajstić information content (AvgIpc) is 3.17. The fraction of sp³-hybridized carbons (Fsp3) is 0.444. The summed E-state index contributed by atoms with van der Waals surface area (Å²) in [6, 6.07) is 5.81. The van der Waals surface area contributed by atoms with Crippen molar-refractivity contribution in [3.8, 4) is 11.5 Å². The van der Waals surface area contributed by atoms with Crippen molar-refractivity contribution in [2.24, 2.45) is 5.92 Å². The van der Waals surface area contributed by atoms with Crippen LogP contribution in [-0.4, -0.2) is 17.7 Å². The molecule has 0 radical (unpaired) electrons. The first-order valence-electron chi connectivity index (χ1n) is 8.34. The Morgan fingerprint density at radius 3 is 3.17 bits per heavy atom. The maximum atomic E-state index is 12.2. The van der Waals surface area contributed by atoms with Crippen LogP contribution in [0.5, 0.6) is 11.5 Å². The second kappa shape index (κ2) is 6.43. The van der Waals surface area contributed by atoms with Crippen molar-refractivity contribution in [2.75, 3.05) is 12.1 Å². The molecule has 0 saturated carbocycles. The lowest BCUT2D eigenvalue weighted by atomic mass is 9.93. The number of aromatic nitrogens is 1. The van der Waals surface area contributed by atoms with E-state index in [0.717, 1.165) is 35.0 Å². The molecule has 0 spiro atoms. The SMILES string of the molecule is CC1CCc2nc(NC(=O)CCc3ccc4c(c3)OCO4)sc2C1. The molecule has 0 bridgehead atoms. The van der Waals surface area contributed by atoms with Crippen molar-refractivity contribution < 1.29 is 14.3 Å². The Hall–Kier alpha value is -2.08. The minimum absolute atomic E-state index is 0.00631. The molecule has 1 aliphatic carbocycles. The zero-order valence-electron chi connectivity index (χ0n) is 13.6. The number of carbonyl (C=O) groups is 1. The average molecular weight is 344 g/mol. The van der Waals surface area contributed by atoms with Crippen molar-refractivity contribution in [3.05, 3.63) is 34.3 Å². The number of fused-ring (bicyclic) bond motifs is 2. The Labute approximate surface area is 145 Å². The lowest BCUT2D eigenvalue weighted by molar-refractivity contribution is -0.116. The molecule has 0 fully saturated rings. The van der Waals surface area contributed by atoms with Crippen molar-refractivity contribution in [3.63, 3.8) is 0 Å². The van der Waals surface area contributed by atoms with E-state index in [2.05, 4.69) is 17.2 Å². The van der Waals surface area contributed by atoms with Crippen LogP contribution >= 0.6 is 11.3 Å². The summed E-state index contributed by atoms with van der Waals surface area (Å²) in [7, 11) is 0. The van der Waals surface area contributed by atoms with Gasteiger partial charge in [0.15, 0.2) is 16.6 Å². The van der Waals surface area contributed by atoms with E-state index in [4.69, 9.17) is 9.47 Å². The summed E-state index contributed by atoms with van der Waals surface area (Å²) in [4.78, 5) is 18.1. The number of aryl methyl sites for hydroxylation is 2. The second-order valence-corrected chi connectivity index (χ2v) is 7.56. The molecule has 1 unspecified atom stereocenters. The summed E-state index contributed by atoms with van der Waals surface area (Å²) in [5.74, 6) is 2.25. The molecule has 2 aliphatic rings. The van der Waals surface area contributed by atoms with Gasteiger partial charge in [0.25, 0.3) is 0 Å². The third kappa shape index (κ3) is 3.24. The Bertz CT molecular complexity index is 772. The Morgan fingerprint density at radius 2 is 2.25 bits per heavy atom. The van der Waals surface area contributed by atoms with Crippen LogP contribution in [0.2, 0.25) is 0 Å². The number of amides is 1. The number of ether oxygens (including phenoxy) is 2. The molecule has 1 atom stereocenters. The third-order valence-corrected chi connectivity index (χ3v) is 5.55. The van der Waals surface area contributed by atoms with E-state index in [-0.39, 0.29) is 12.7 Å². The quantitative estimate of drug-likeness (QED) is 0.921. The van der Waals surface area contributed by atoms with Crippen LogP contribution < -0.4 is 14.8 Å². The van der Waals surface area contributed by atoms with E-state index in [1.807, 2.05) is 18.2 Å². The molecule has 1 N–H and O–H groups in total. The molecule has 1 aromatic carbocycles. The number of nitrogens with one attached hydrogen (secondary N) is 1. The molecule has 2 aromatic rings. The van der Waals surface area contributed by atoms with E-state index in [1.54, 1.807) is 11.3 Å². The number of anilines is 1. The van der Waals surface area contributed by atoms with Gasteiger partial charge in [-0.1, -0.05) is 13.0 Å².